The van der Waals surface area contributed by atoms with E-state index in [-0.39, 0.29) is 5.91 Å². The van der Waals surface area contributed by atoms with Gasteiger partial charge in [0.25, 0.3) is 5.91 Å². The Balaban J connectivity index is 1.46. The lowest BCUT2D eigenvalue weighted by atomic mass is 9.89. The summed E-state index contributed by atoms with van der Waals surface area (Å²) in [6, 6.07) is 5.70. The molecule has 1 fully saturated rings. The van der Waals surface area contributed by atoms with E-state index < -0.39 is 16.9 Å². The van der Waals surface area contributed by atoms with Crippen molar-refractivity contribution in [1.82, 2.24) is 9.62 Å². The Kier molecular flexibility index (Phi) is 9.20. The summed E-state index contributed by atoms with van der Waals surface area (Å²) in [5, 5.41) is 4.74. The highest BCUT2D eigenvalue weighted by atomic mass is 32.2. The van der Waals surface area contributed by atoms with Gasteiger partial charge in [-0.25, -0.2) is 0 Å². The summed E-state index contributed by atoms with van der Waals surface area (Å²) in [6.07, 6.45) is 12.7. The molecule has 1 aromatic carbocycles. The molecule has 2 heterocycles. The van der Waals surface area contributed by atoms with Crippen molar-refractivity contribution in [1.29, 1.82) is 0 Å². The van der Waals surface area contributed by atoms with E-state index in [1.807, 2.05) is 35.5 Å². The average molecular weight is 459 g/mol. The molecule has 176 valence electrons. The molecule has 6 nitrogen and oxygen atoms in total. The van der Waals surface area contributed by atoms with E-state index in [0.717, 1.165) is 35.5 Å². The molecule has 0 radical (unpaired) electrons. The number of aliphatic imine (C=N–C) groups is 1. The average Bonchev–Trinajstić information content (AvgIpc) is 3.07. The van der Waals surface area contributed by atoms with Crippen molar-refractivity contribution in [3.8, 4) is 0 Å². The zero-order valence-electron chi connectivity index (χ0n) is 19.6. The minimum Gasteiger partial charge on any atom is -0.593 e. The second-order valence-corrected chi connectivity index (χ2v) is 10.4. The number of nitrogens with zero attached hydrogens (tertiary/aromatic N) is 2. The molecular weight excluding hydrogens is 420 g/mol. The Morgan fingerprint density at radius 2 is 1.88 bits per heavy atom. The summed E-state index contributed by atoms with van der Waals surface area (Å²) < 4.78 is 14.7. The number of rotatable bonds is 11. The number of benzene rings is 1. The predicted octanol–water partition coefficient (Wildman–Crippen LogP) is 4.72. The molecule has 3 N–H and O–H groups in total. The Morgan fingerprint density at radius 1 is 1.19 bits per heavy atom. The molecule has 1 unspecified atom stereocenters. The summed E-state index contributed by atoms with van der Waals surface area (Å²) in [5.41, 5.74) is 7.93. The Hall–Kier alpha value is -1.83. The quantitative estimate of drug-likeness (QED) is 0.285. The van der Waals surface area contributed by atoms with Crippen molar-refractivity contribution >= 4 is 34.9 Å². The lowest BCUT2D eigenvalue weighted by Crippen LogP contribution is -2.50. The summed E-state index contributed by atoms with van der Waals surface area (Å²) in [6.45, 7) is 5.42. The molecular formula is C25H38N4O2S. The summed E-state index contributed by atoms with van der Waals surface area (Å²) in [5.74, 6) is 0.866. The normalized spacial score (nSPS) is 19.5. The number of amidine groups is 1. The lowest BCUT2D eigenvalue weighted by Gasteiger charge is -2.34. The predicted molar refractivity (Wildman–Crippen MR) is 134 cm³/mol. The van der Waals surface area contributed by atoms with Crippen LogP contribution in [0.1, 0.15) is 82.3 Å². The Morgan fingerprint density at radius 3 is 2.56 bits per heavy atom. The molecule has 32 heavy (non-hydrogen) atoms. The number of anilines is 1. The fourth-order valence-electron chi connectivity index (χ4n) is 4.43. The molecule has 0 bridgehead atoms. The molecule has 1 aromatic rings. The van der Waals surface area contributed by atoms with Crippen LogP contribution in [-0.2, 0) is 16.2 Å². The first kappa shape index (κ1) is 24.8. The highest BCUT2D eigenvalue weighted by Gasteiger charge is 2.47. The number of piperidine rings is 1. The van der Waals surface area contributed by atoms with E-state index in [1.54, 1.807) is 5.41 Å². The van der Waals surface area contributed by atoms with Gasteiger partial charge < -0.3 is 15.6 Å². The molecule has 2 aliphatic rings. The van der Waals surface area contributed by atoms with E-state index >= 15 is 0 Å². The molecule has 0 aliphatic carbocycles. The number of unbranched alkanes of at least 4 members (excludes halogenated alkanes) is 6. The Labute approximate surface area is 196 Å². The number of nitrogens with two attached hydrogens (primary N) is 1. The van der Waals surface area contributed by atoms with Gasteiger partial charge in [-0.2, -0.15) is 0 Å². The van der Waals surface area contributed by atoms with Gasteiger partial charge in [0.05, 0.1) is 11.4 Å². The van der Waals surface area contributed by atoms with Crippen LogP contribution in [0.2, 0.25) is 0 Å². The van der Waals surface area contributed by atoms with E-state index in [4.69, 9.17) is 10.7 Å². The highest BCUT2D eigenvalue weighted by Crippen LogP contribution is 2.32. The topological polar surface area (TPSA) is 93.8 Å². The third kappa shape index (κ3) is 6.59. The maximum Gasteiger partial charge on any atom is 0.253 e. The van der Waals surface area contributed by atoms with Crippen LogP contribution in [0.15, 0.2) is 28.6 Å². The lowest BCUT2D eigenvalue weighted by molar-refractivity contribution is -0.124. The van der Waals surface area contributed by atoms with Gasteiger partial charge in [-0.1, -0.05) is 51.5 Å². The minimum absolute atomic E-state index is 0.0221. The monoisotopic (exact) mass is 458 g/mol. The molecule has 1 amide bonds. The van der Waals surface area contributed by atoms with E-state index in [0.29, 0.717) is 25.9 Å². The van der Waals surface area contributed by atoms with Gasteiger partial charge in [-0.3, -0.25) is 9.79 Å². The Bertz CT molecular complexity index is 831. The van der Waals surface area contributed by atoms with Crippen LogP contribution in [0.5, 0.6) is 0 Å². The van der Waals surface area contributed by atoms with Gasteiger partial charge in [0.2, 0.25) is 0 Å². The van der Waals surface area contributed by atoms with Gasteiger partial charge in [0.15, 0.2) is 0 Å². The first-order chi connectivity index (χ1) is 15.4. The molecule has 1 atom stereocenters. The number of nitrogen functional groups attached to an aromatic ring is 1. The molecule has 7 heteroatoms. The molecule has 0 aromatic heterocycles. The second kappa shape index (κ2) is 11.9. The van der Waals surface area contributed by atoms with Crippen molar-refractivity contribution in [3.63, 3.8) is 0 Å². The van der Waals surface area contributed by atoms with E-state index in [2.05, 4.69) is 12.2 Å². The van der Waals surface area contributed by atoms with Crippen molar-refractivity contribution < 1.29 is 9.35 Å². The second-order valence-electron chi connectivity index (χ2n) is 9.04. The van der Waals surface area contributed by atoms with Crippen molar-refractivity contribution in [2.75, 3.05) is 18.8 Å². The van der Waals surface area contributed by atoms with E-state index in [1.165, 1.54) is 38.5 Å². The standard InChI is InChI=1S/C25H38N4O2S/c1-3-4-5-6-7-8-9-10-23-27-24(30)25(28-23)14-16-29(17-15-25)32(31)18-13-21-11-12-22(26)19-20(21)2/h11-13,18-19H,3-10,14-17,26H2,1-2H3,(H,27,28,30)/b18-13+. The molecule has 0 saturated carbocycles. The van der Waals surface area contributed by atoms with Crippen LogP contribution in [0.3, 0.4) is 0 Å². The third-order valence-electron chi connectivity index (χ3n) is 6.51. The number of amides is 1. The van der Waals surface area contributed by atoms with Crippen LogP contribution in [-0.4, -0.2) is 39.2 Å². The first-order valence-corrected chi connectivity index (χ1v) is 13.2. The van der Waals surface area contributed by atoms with Crippen LogP contribution < -0.4 is 11.1 Å². The van der Waals surface area contributed by atoms with Gasteiger partial charge in [0, 0.05) is 25.2 Å². The van der Waals surface area contributed by atoms with Gasteiger partial charge in [0.1, 0.15) is 16.8 Å². The smallest absolute Gasteiger partial charge is 0.253 e. The number of hydrogen-bond donors (Lipinski definition) is 2. The van der Waals surface area contributed by atoms with Crippen molar-refractivity contribution in [2.45, 2.75) is 83.6 Å². The summed E-state index contributed by atoms with van der Waals surface area (Å²) >= 11 is -1.23. The van der Waals surface area contributed by atoms with Crippen LogP contribution >= 0.6 is 0 Å². The number of carbonyl (C=O) groups excluding carboxylic acids is 1. The minimum atomic E-state index is -1.23. The largest absolute Gasteiger partial charge is 0.593 e. The van der Waals surface area contributed by atoms with Gasteiger partial charge in [-0.05, 0) is 55.5 Å². The third-order valence-corrected chi connectivity index (χ3v) is 7.75. The van der Waals surface area contributed by atoms with E-state index in [9.17, 15) is 9.35 Å². The number of hydrogen-bond acceptors (Lipinski definition) is 5. The zero-order chi connectivity index (χ0) is 23.0. The molecule has 1 spiro atoms. The van der Waals surface area contributed by atoms with Crippen LogP contribution in [0.25, 0.3) is 6.08 Å². The summed E-state index contributed by atoms with van der Waals surface area (Å²) in [4.78, 5) is 17.5. The maximum atomic E-state index is 12.8. The van der Waals surface area contributed by atoms with Crippen molar-refractivity contribution in [2.24, 2.45) is 4.99 Å². The number of nitrogens with one attached hydrogen (secondary N) is 1. The van der Waals surface area contributed by atoms with Crippen LogP contribution in [0, 0.1) is 6.92 Å². The number of aryl methyl sites for hydroxylation is 1. The van der Waals surface area contributed by atoms with Crippen LogP contribution in [0.4, 0.5) is 5.69 Å². The SMILES string of the molecule is CCCCCCCCCC1=NC2(CCN([S+]([O-])/C=C/c3ccc(N)cc3C)CC2)C(=O)N1. The summed E-state index contributed by atoms with van der Waals surface area (Å²) in [7, 11) is 0. The van der Waals surface area contributed by atoms with Gasteiger partial charge >= 0.3 is 0 Å². The molecule has 2 aliphatic heterocycles. The number of carbonyl (C=O) groups is 1. The highest BCUT2D eigenvalue weighted by molar-refractivity contribution is 7.92. The van der Waals surface area contributed by atoms with Crippen molar-refractivity contribution in [3.05, 3.63) is 34.7 Å². The molecule has 3 rings (SSSR count). The zero-order valence-corrected chi connectivity index (χ0v) is 20.4. The maximum absolute atomic E-state index is 12.8. The van der Waals surface area contributed by atoms with Gasteiger partial charge in [-0.15, -0.1) is 4.31 Å². The molecule has 1 saturated heterocycles. The first-order valence-electron chi connectivity index (χ1n) is 12.0. The fraction of sp³-hybridized carbons (Fsp3) is 0.600. The fourth-order valence-corrected chi connectivity index (χ4v) is 5.41.